The number of aromatic nitrogens is 1. The van der Waals surface area contributed by atoms with Crippen LogP contribution in [0.3, 0.4) is 0 Å². The van der Waals surface area contributed by atoms with Gasteiger partial charge in [-0.3, -0.25) is 0 Å². The molecule has 3 rings (SSSR count). The van der Waals surface area contributed by atoms with Crippen LogP contribution in [0.25, 0.3) is 0 Å². The molecule has 21 heavy (non-hydrogen) atoms. The van der Waals surface area contributed by atoms with Crippen molar-refractivity contribution in [3.8, 4) is 0 Å². The first-order chi connectivity index (χ1) is 10.2. The molecule has 0 amide bonds. The fourth-order valence-electron chi connectivity index (χ4n) is 3.37. The van der Waals surface area contributed by atoms with Crippen molar-refractivity contribution in [1.29, 1.82) is 0 Å². The molecule has 0 saturated carbocycles. The zero-order chi connectivity index (χ0) is 15.4. The van der Waals surface area contributed by atoms with E-state index in [-0.39, 0.29) is 5.97 Å². The van der Waals surface area contributed by atoms with Gasteiger partial charge < -0.3 is 15.4 Å². The van der Waals surface area contributed by atoms with E-state index in [2.05, 4.69) is 14.6 Å². The summed E-state index contributed by atoms with van der Waals surface area (Å²) in [6.07, 6.45) is 6.06. The standard InChI is InChI=1S/C14H19N3O2.C2H6/c1-19-14(18)9-2-5-13(16-8-9)17-11-3-4-12(17)7-10(15)6-11;1-2/h2,5,8,10-12H,3-4,6-7,15H2,1H3;1-2H3. The Morgan fingerprint density at radius 2 is 1.90 bits per heavy atom. The van der Waals surface area contributed by atoms with E-state index < -0.39 is 0 Å². The fourth-order valence-corrected chi connectivity index (χ4v) is 3.37. The molecular weight excluding hydrogens is 266 g/mol. The van der Waals surface area contributed by atoms with Gasteiger partial charge in [0.2, 0.25) is 0 Å². The lowest BCUT2D eigenvalue weighted by Gasteiger charge is -2.38. The van der Waals surface area contributed by atoms with Crippen LogP contribution in [0.1, 0.15) is 49.9 Å². The Balaban J connectivity index is 0.000000774. The van der Waals surface area contributed by atoms with E-state index in [1.165, 1.54) is 20.0 Å². The van der Waals surface area contributed by atoms with Gasteiger partial charge in [-0.05, 0) is 37.8 Å². The lowest BCUT2D eigenvalue weighted by Crippen LogP contribution is -2.47. The Hall–Kier alpha value is -1.62. The van der Waals surface area contributed by atoms with Crippen molar-refractivity contribution < 1.29 is 9.53 Å². The van der Waals surface area contributed by atoms with E-state index in [9.17, 15) is 4.79 Å². The van der Waals surface area contributed by atoms with E-state index in [1.54, 1.807) is 12.3 Å². The van der Waals surface area contributed by atoms with Gasteiger partial charge in [-0.25, -0.2) is 9.78 Å². The van der Waals surface area contributed by atoms with Gasteiger partial charge >= 0.3 is 5.97 Å². The maximum atomic E-state index is 11.4. The van der Waals surface area contributed by atoms with Crippen LogP contribution in [0.4, 0.5) is 5.82 Å². The van der Waals surface area contributed by atoms with Gasteiger partial charge in [0.25, 0.3) is 0 Å². The molecule has 3 heterocycles. The molecule has 2 fully saturated rings. The molecule has 2 bridgehead atoms. The number of anilines is 1. The highest BCUT2D eigenvalue weighted by Crippen LogP contribution is 2.37. The van der Waals surface area contributed by atoms with Gasteiger partial charge in [0.1, 0.15) is 5.82 Å². The molecule has 0 spiro atoms. The minimum atomic E-state index is -0.345. The average Bonchev–Trinajstić information content (AvgIpc) is 2.80. The Morgan fingerprint density at radius 3 is 2.38 bits per heavy atom. The zero-order valence-electron chi connectivity index (χ0n) is 13.1. The summed E-state index contributed by atoms with van der Waals surface area (Å²) in [7, 11) is 1.38. The van der Waals surface area contributed by atoms with E-state index in [0.29, 0.717) is 23.7 Å². The van der Waals surface area contributed by atoms with Crippen LogP contribution < -0.4 is 10.6 Å². The molecule has 116 valence electrons. The monoisotopic (exact) mass is 291 g/mol. The number of rotatable bonds is 2. The highest BCUT2D eigenvalue weighted by atomic mass is 16.5. The van der Waals surface area contributed by atoms with Gasteiger partial charge in [-0.15, -0.1) is 0 Å². The maximum Gasteiger partial charge on any atom is 0.339 e. The number of esters is 1. The highest BCUT2D eigenvalue weighted by Gasteiger charge is 2.40. The number of nitrogens with zero attached hydrogens (tertiary/aromatic N) is 2. The lowest BCUT2D eigenvalue weighted by molar-refractivity contribution is 0.0600. The highest BCUT2D eigenvalue weighted by molar-refractivity contribution is 5.89. The van der Waals surface area contributed by atoms with Crippen molar-refractivity contribution >= 4 is 11.8 Å². The van der Waals surface area contributed by atoms with E-state index in [1.807, 2.05) is 19.9 Å². The predicted octanol–water partition coefficient (Wildman–Crippen LogP) is 2.35. The van der Waals surface area contributed by atoms with E-state index >= 15 is 0 Å². The summed E-state index contributed by atoms with van der Waals surface area (Å²) < 4.78 is 4.68. The molecule has 2 aliphatic heterocycles. The molecule has 0 aromatic carbocycles. The minimum absolute atomic E-state index is 0.322. The first-order valence-corrected chi connectivity index (χ1v) is 7.77. The van der Waals surface area contributed by atoms with E-state index in [0.717, 1.165) is 18.7 Å². The number of nitrogens with two attached hydrogens (primary N) is 1. The van der Waals surface area contributed by atoms with Crippen molar-refractivity contribution in [2.75, 3.05) is 12.0 Å². The van der Waals surface area contributed by atoms with Gasteiger partial charge in [0, 0.05) is 24.3 Å². The van der Waals surface area contributed by atoms with Crippen LogP contribution in [0.2, 0.25) is 0 Å². The Kier molecular flexibility index (Phi) is 5.17. The van der Waals surface area contributed by atoms with Gasteiger partial charge in [-0.2, -0.15) is 0 Å². The molecule has 0 aliphatic carbocycles. The SMILES string of the molecule is CC.COC(=O)c1ccc(N2C3CCC2CC(N)C3)nc1. The second-order valence-electron chi connectivity index (χ2n) is 5.42. The third-order valence-corrected chi connectivity index (χ3v) is 4.20. The number of carbonyl (C=O) groups excluding carboxylic acids is 1. The summed E-state index contributed by atoms with van der Waals surface area (Å²) in [5.74, 6) is 0.606. The molecular formula is C16H25N3O2. The largest absolute Gasteiger partial charge is 0.465 e. The third-order valence-electron chi connectivity index (χ3n) is 4.20. The molecule has 1 aromatic heterocycles. The Bertz CT molecular complexity index is 461. The number of carbonyl (C=O) groups is 1. The summed E-state index contributed by atoms with van der Waals surface area (Å²) in [6, 6.07) is 5.02. The molecule has 5 heteroatoms. The number of ether oxygens (including phenoxy) is 1. The van der Waals surface area contributed by atoms with Crippen LogP contribution in [0, 0.1) is 0 Å². The smallest absolute Gasteiger partial charge is 0.339 e. The normalized spacial score (nSPS) is 26.9. The van der Waals surface area contributed by atoms with E-state index in [4.69, 9.17) is 5.73 Å². The number of hydrogen-bond donors (Lipinski definition) is 1. The molecule has 0 radical (unpaired) electrons. The van der Waals surface area contributed by atoms with Crippen molar-refractivity contribution in [1.82, 2.24) is 4.98 Å². The number of fused-ring (bicyclic) bond motifs is 2. The second-order valence-corrected chi connectivity index (χ2v) is 5.42. The summed E-state index contributed by atoms with van der Waals surface area (Å²) in [5.41, 5.74) is 6.56. The van der Waals surface area contributed by atoms with Crippen molar-refractivity contribution in [3.05, 3.63) is 23.9 Å². The second kappa shape index (κ2) is 6.89. The predicted molar refractivity (Wildman–Crippen MR) is 83.4 cm³/mol. The number of piperidine rings is 1. The Labute approximate surface area is 126 Å². The molecule has 5 nitrogen and oxygen atoms in total. The summed E-state index contributed by atoms with van der Waals surface area (Å²) in [5, 5.41) is 0. The molecule has 2 aliphatic rings. The number of hydrogen-bond acceptors (Lipinski definition) is 5. The van der Waals surface area contributed by atoms with Crippen LogP contribution in [0.5, 0.6) is 0 Å². The maximum absolute atomic E-state index is 11.4. The average molecular weight is 291 g/mol. The number of pyridine rings is 1. The van der Waals surface area contributed by atoms with Crippen LogP contribution >= 0.6 is 0 Å². The molecule has 2 unspecified atom stereocenters. The van der Waals surface area contributed by atoms with Gasteiger partial charge in [0.05, 0.1) is 12.7 Å². The molecule has 2 N–H and O–H groups in total. The number of methoxy groups -OCH3 is 1. The van der Waals surface area contributed by atoms with Crippen LogP contribution in [-0.2, 0) is 4.74 Å². The van der Waals surface area contributed by atoms with Crippen molar-refractivity contribution in [2.45, 2.75) is 57.7 Å². The summed E-state index contributed by atoms with van der Waals surface area (Å²) in [4.78, 5) is 18.2. The van der Waals surface area contributed by atoms with Gasteiger partial charge in [-0.1, -0.05) is 13.8 Å². The third kappa shape index (κ3) is 3.18. The summed E-state index contributed by atoms with van der Waals surface area (Å²) in [6.45, 7) is 4.00. The van der Waals surface area contributed by atoms with Crippen molar-refractivity contribution in [2.24, 2.45) is 5.73 Å². The fraction of sp³-hybridized carbons (Fsp3) is 0.625. The minimum Gasteiger partial charge on any atom is -0.465 e. The zero-order valence-corrected chi connectivity index (χ0v) is 13.1. The first kappa shape index (κ1) is 15.8. The molecule has 2 atom stereocenters. The molecule has 2 saturated heterocycles. The van der Waals surface area contributed by atoms with Crippen LogP contribution in [0.15, 0.2) is 18.3 Å². The topological polar surface area (TPSA) is 68.5 Å². The first-order valence-electron chi connectivity index (χ1n) is 7.77. The molecule has 1 aromatic rings. The lowest BCUT2D eigenvalue weighted by atomic mass is 9.98. The quantitative estimate of drug-likeness (QED) is 0.847. The Morgan fingerprint density at radius 1 is 1.29 bits per heavy atom. The van der Waals surface area contributed by atoms with Gasteiger partial charge in [0.15, 0.2) is 0 Å². The van der Waals surface area contributed by atoms with Crippen molar-refractivity contribution in [3.63, 3.8) is 0 Å². The van der Waals surface area contributed by atoms with Crippen LogP contribution in [-0.4, -0.2) is 36.2 Å². The summed E-state index contributed by atoms with van der Waals surface area (Å²) >= 11 is 0.